The van der Waals surface area contributed by atoms with Crippen LogP contribution in [0.3, 0.4) is 0 Å². The van der Waals surface area contributed by atoms with Crippen molar-refractivity contribution >= 4 is 56.5 Å². The van der Waals surface area contributed by atoms with Gasteiger partial charge in [-0.05, 0) is 78.4 Å². The zero-order valence-corrected chi connectivity index (χ0v) is 21.0. The summed E-state index contributed by atoms with van der Waals surface area (Å²) in [5.74, 6) is -0.864. The maximum absolute atomic E-state index is 13.1. The molecule has 0 radical (unpaired) electrons. The molecule has 9 heteroatoms. The van der Waals surface area contributed by atoms with Crippen LogP contribution in [0.1, 0.15) is 16.7 Å². The Morgan fingerprint density at radius 2 is 1.89 bits per heavy atom. The molecule has 0 spiro atoms. The van der Waals surface area contributed by atoms with E-state index in [1.807, 2.05) is 19.1 Å². The van der Waals surface area contributed by atoms with Crippen molar-refractivity contribution < 1.29 is 23.5 Å². The second-order valence-electron chi connectivity index (χ2n) is 7.78. The minimum atomic E-state index is -0.552. The first-order valence-electron chi connectivity index (χ1n) is 10.6. The lowest BCUT2D eigenvalue weighted by atomic mass is 10.1. The van der Waals surface area contributed by atoms with Gasteiger partial charge in [0.05, 0.1) is 4.91 Å². The van der Waals surface area contributed by atoms with Crippen LogP contribution in [0.2, 0.25) is 0 Å². The van der Waals surface area contributed by atoms with E-state index in [1.165, 1.54) is 12.1 Å². The molecule has 0 atom stereocenters. The molecular formula is C26H20BrFN2O4S. The van der Waals surface area contributed by atoms with Crippen LogP contribution in [-0.4, -0.2) is 28.5 Å². The molecule has 1 aliphatic heterocycles. The van der Waals surface area contributed by atoms with Crippen molar-refractivity contribution in [1.29, 1.82) is 0 Å². The molecule has 3 aromatic rings. The third kappa shape index (κ3) is 6.37. The molecule has 1 N–H and O–H groups in total. The number of hydrogen-bond acceptors (Lipinski definition) is 5. The van der Waals surface area contributed by atoms with Gasteiger partial charge in [-0.1, -0.05) is 40.2 Å². The van der Waals surface area contributed by atoms with Crippen molar-refractivity contribution in [1.82, 2.24) is 4.90 Å². The average molecular weight is 555 g/mol. The molecule has 3 amide bonds. The number of nitrogens with one attached hydrogen (secondary N) is 1. The Hall–Kier alpha value is -3.43. The van der Waals surface area contributed by atoms with Crippen molar-refractivity contribution in [3.8, 4) is 5.75 Å². The van der Waals surface area contributed by atoms with E-state index < -0.39 is 17.1 Å². The molecule has 6 nitrogen and oxygen atoms in total. The van der Waals surface area contributed by atoms with E-state index in [2.05, 4.69) is 21.2 Å². The Labute approximate surface area is 214 Å². The van der Waals surface area contributed by atoms with E-state index in [1.54, 1.807) is 48.5 Å². The fraction of sp³-hybridized carbons (Fsp3) is 0.115. The van der Waals surface area contributed by atoms with Crippen molar-refractivity contribution in [2.24, 2.45) is 0 Å². The summed E-state index contributed by atoms with van der Waals surface area (Å²) < 4.78 is 19.8. The number of nitrogens with zero attached hydrogens (tertiary/aromatic N) is 1. The first kappa shape index (κ1) is 24.7. The number of aryl methyl sites for hydroxylation is 1. The van der Waals surface area contributed by atoms with Crippen LogP contribution < -0.4 is 10.1 Å². The molecule has 1 heterocycles. The third-order valence-electron chi connectivity index (χ3n) is 5.04. The number of hydrogen-bond donors (Lipinski definition) is 1. The molecule has 0 aromatic heterocycles. The minimum absolute atomic E-state index is 0.183. The maximum atomic E-state index is 13.1. The Morgan fingerprint density at radius 1 is 1.11 bits per heavy atom. The summed E-state index contributed by atoms with van der Waals surface area (Å²) >= 11 is 4.17. The molecule has 0 saturated carbocycles. The van der Waals surface area contributed by atoms with Gasteiger partial charge in [-0.15, -0.1) is 0 Å². The van der Waals surface area contributed by atoms with E-state index >= 15 is 0 Å². The lowest BCUT2D eigenvalue weighted by molar-refractivity contribution is -0.127. The molecular weight excluding hydrogens is 535 g/mol. The van der Waals surface area contributed by atoms with Crippen LogP contribution in [-0.2, 0) is 16.2 Å². The number of ether oxygens (including phenoxy) is 1. The van der Waals surface area contributed by atoms with Gasteiger partial charge in [0.25, 0.3) is 11.1 Å². The Bertz CT molecular complexity index is 1330. The topological polar surface area (TPSA) is 75.7 Å². The Kier molecular flexibility index (Phi) is 7.67. The van der Waals surface area contributed by atoms with E-state index in [9.17, 15) is 18.8 Å². The molecule has 1 saturated heterocycles. The van der Waals surface area contributed by atoms with Gasteiger partial charge in [0, 0.05) is 15.7 Å². The van der Waals surface area contributed by atoms with Gasteiger partial charge < -0.3 is 10.1 Å². The van der Waals surface area contributed by atoms with E-state index in [0.717, 1.165) is 32.3 Å². The third-order valence-corrected chi connectivity index (χ3v) is 6.44. The number of thioether (sulfide) groups is 1. The smallest absolute Gasteiger partial charge is 0.294 e. The fourth-order valence-electron chi connectivity index (χ4n) is 3.35. The van der Waals surface area contributed by atoms with Gasteiger partial charge >= 0.3 is 0 Å². The van der Waals surface area contributed by atoms with Crippen molar-refractivity contribution in [2.75, 3.05) is 11.9 Å². The highest BCUT2D eigenvalue weighted by molar-refractivity contribution is 9.10. The van der Waals surface area contributed by atoms with Gasteiger partial charge in [-0.3, -0.25) is 19.3 Å². The predicted octanol–water partition coefficient (Wildman–Crippen LogP) is 6.15. The molecule has 1 fully saturated rings. The van der Waals surface area contributed by atoms with E-state index in [-0.39, 0.29) is 23.9 Å². The molecule has 0 bridgehead atoms. The van der Waals surface area contributed by atoms with E-state index in [0.29, 0.717) is 17.0 Å². The highest BCUT2D eigenvalue weighted by Crippen LogP contribution is 2.35. The standard InChI is InChI=1S/C26H20BrFN2O4S/c1-16-3-2-4-21(11-16)29-24(31)14-30-25(32)23(35-26(30)33)13-18-12-19(27)7-10-22(18)34-15-17-5-8-20(28)9-6-17/h2-13H,14-15H2,1H3,(H,29,31)/b23-13-. The summed E-state index contributed by atoms with van der Waals surface area (Å²) in [4.78, 5) is 38.9. The number of anilines is 1. The summed E-state index contributed by atoms with van der Waals surface area (Å²) in [7, 11) is 0. The second-order valence-corrected chi connectivity index (χ2v) is 9.69. The van der Waals surface area contributed by atoms with Gasteiger partial charge in [0.15, 0.2) is 0 Å². The average Bonchev–Trinajstić information content (AvgIpc) is 3.07. The highest BCUT2D eigenvalue weighted by Gasteiger charge is 2.36. The monoisotopic (exact) mass is 554 g/mol. The van der Waals surface area contributed by atoms with Crippen LogP contribution in [0.5, 0.6) is 5.75 Å². The summed E-state index contributed by atoms with van der Waals surface area (Å²) in [6.45, 7) is 1.71. The van der Waals surface area contributed by atoms with Crippen molar-refractivity contribution in [2.45, 2.75) is 13.5 Å². The lowest BCUT2D eigenvalue weighted by Gasteiger charge is -2.13. The quantitative estimate of drug-likeness (QED) is 0.354. The maximum Gasteiger partial charge on any atom is 0.294 e. The highest BCUT2D eigenvalue weighted by atomic mass is 79.9. The van der Waals surface area contributed by atoms with Crippen molar-refractivity contribution in [3.05, 3.63) is 98.6 Å². The number of benzene rings is 3. The molecule has 35 heavy (non-hydrogen) atoms. The van der Waals surface area contributed by atoms with Gasteiger partial charge in [0.1, 0.15) is 24.7 Å². The first-order valence-corrected chi connectivity index (χ1v) is 12.2. The van der Waals surface area contributed by atoms with Crippen molar-refractivity contribution in [3.63, 3.8) is 0 Å². The molecule has 1 aliphatic rings. The number of amides is 3. The number of rotatable bonds is 7. The lowest BCUT2D eigenvalue weighted by Crippen LogP contribution is -2.36. The predicted molar refractivity (Wildman–Crippen MR) is 137 cm³/mol. The summed E-state index contributed by atoms with van der Waals surface area (Å²) in [5.41, 5.74) is 2.93. The molecule has 0 aliphatic carbocycles. The largest absolute Gasteiger partial charge is 0.488 e. The van der Waals surface area contributed by atoms with Gasteiger partial charge in [-0.2, -0.15) is 0 Å². The minimum Gasteiger partial charge on any atom is -0.488 e. The van der Waals surface area contributed by atoms with Gasteiger partial charge in [0.2, 0.25) is 5.91 Å². The molecule has 4 rings (SSSR count). The zero-order chi connectivity index (χ0) is 24.9. The molecule has 178 valence electrons. The second kappa shape index (κ2) is 10.9. The fourth-order valence-corrected chi connectivity index (χ4v) is 4.56. The van der Waals surface area contributed by atoms with Gasteiger partial charge in [-0.25, -0.2) is 4.39 Å². The van der Waals surface area contributed by atoms with Crippen LogP contribution in [0, 0.1) is 12.7 Å². The number of halogens is 2. The number of carbonyl (C=O) groups excluding carboxylic acids is 3. The Balaban J connectivity index is 1.48. The molecule has 0 unspecified atom stereocenters. The number of carbonyl (C=O) groups is 3. The molecule has 3 aromatic carbocycles. The van der Waals surface area contributed by atoms with Crippen LogP contribution >= 0.6 is 27.7 Å². The first-order chi connectivity index (χ1) is 16.8. The number of imide groups is 1. The summed E-state index contributed by atoms with van der Waals surface area (Å²) in [6.07, 6.45) is 1.56. The Morgan fingerprint density at radius 3 is 2.63 bits per heavy atom. The van der Waals surface area contributed by atoms with Crippen LogP contribution in [0.4, 0.5) is 14.9 Å². The summed E-state index contributed by atoms with van der Waals surface area (Å²) in [5, 5.41) is 2.18. The SMILES string of the molecule is Cc1cccc(NC(=O)CN2C(=O)S/C(=C\c3cc(Br)ccc3OCc3ccc(F)cc3)C2=O)c1. The van der Waals surface area contributed by atoms with Crippen LogP contribution in [0.25, 0.3) is 6.08 Å². The normalized spacial score (nSPS) is 14.5. The zero-order valence-electron chi connectivity index (χ0n) is 18.6. The summed E-state index contributed by atoms with van der Waals surface area (Å²) in [6, 6.07) is 18.5. The van der Waals surface area contributed by atoms with Crippen LogP contribution in [0.15, 0.2) is 76.1 Å². The van der Waals surface area contributed by atoms with E-state index in [4.69, 9.17) is 4.74 Å².